The number of esters is 1. The van der Waals surface area contributed by atoms with Crippen LogP contribution in [-0.4, -0.2) is 40.6 Å². The number of hydrogen-bond donors (Lipinski definition) is 2. The molecule has 0 aliphatic rings. The lowest BCUT2D eigenvalue weighted by molar-refractivity contribution is 0.0524. The van der Waals surface area contributed by atoms with Gasteiger partial charge in [-0.1, -0.05) is 13.3 Å². The summed E-state index contributed by atoms with van der Waals surface area (Å²) >= 11 is 0. The number of aliphatic hydroxyl groups is 1. The normalized spacial score (nSPS) is 12.4. The van der Waals surface area contributed by atoms with E-state index in [-0.39, 0.29) is 12.6 Å². The molecule has 1 aromatic rings. The molecule has 21 heavy (non-hydrogen) atoms. The Kier molecular flexibility index (Phi) is 8.00. The van der Waals surface area contributed by atoms with Crippen molar-refractivity contribution in [3.8, 4) is 0 Å². The van der Waals surface area contributed by atoms with Gasteiger partial charge in [0, 0.05) is 20.2 Å². The van der Waals surface area contributed by atoms with Crippen LogP contribution >= 0.6 is 0 Å². The van der Waals surface area contributed by atoms with Crippen LogP contribution in [0.3, 0.4) is 0 Å². The van der Waals surface area contributed by atoms with E-state index in [2.05, 4.69) is 17.3 Å². The molecule has 6 heteroatoms. The number of rotatable bonds is 10. The second-order valence-electron chi connectivity index (χ2n) is 5.15. The Bertz CT molecular complexity index is 426. The molecule has 0 aliphatic heterocycles. The van der Waals surface area contributed by atoms with Crippen molar-refractivity contribution in [3.05, 3.63) is 17.5 Å². The fourth-order valence-electron chi connectivity index (χ4n) is 2.39. The zero-order valence-electron chi connectivity index (χ0n) is 13.3. The van der Waals surface area contributed by atoms with Gasteiger partial charge in [-0.05, 0) is 32.2 Å². The molecular formula is C15H27N3O3. The molecule has 0 fully saturated rings. The first-order valence-electron chi connectivity index (χ1n) is 7.63. The minimum absolute atomic E-state index is 0.214. The van der Waals surface area contributed by atoms with Gasteiger partial charge in [-0.2, -0.15) is 5.10 Å². The number of nitrogens with one attached hydrogen (secondary N) is 1. The van der Waals surface area contributed by atoms with E-state index in [0.717, 1.165) is 31.5 Å². The van der Waals surface area contributed by atoms with Crippen molar-refractivity contribution in [1.82, 2.24) is 15.1 Å². The minimum atomic E-state index is -0.331. The van der Waals surface area contributed by atoms with Crippen LogP contribution in [-0.2, 0) is 18.3 Å². The lowest BCUT2D eigenvalue weighted by atomic mass is 10.0. The molecule has 0 spiro atoms. The molecule has 1 aromatic heterocycles. The maximum atomic E-state index is 11.8. The average Bonchev–Trinajstić information content (AvgIpc) is 2.81. The van der Waals surface area contributed by atoms with Crippen LogP contribution in [0.1, 0.15) is 49.2 Å². The van der Waals surface area contributed by atoms with E-state index in [0.29, 0.717) is 24.6 Å². The van der Waals surface area contributed by atoms with Crippen molar-refractivity contribution in [2.75, 3.05) is 19.8 Å². The van der Waals surface area contributed by atoms with Crippen molar-refractivity contribution < 1.29 is 14.6 Å². The predicted octanol–water partition coefficient (Wildman–Crippen LogP) is 1.49. The molecule has 0 saturated heterocycles. The zero-order chi connectivity index (χ0) is 15.7. The Morgan fingerprint density at radius 1 is 1.48 bits per heavy atom. The van der Waals surface area contributed by atoms with Gasteiger partial charge in [0.1, 0.15) is 5.56 Å². The summed E-state index contributed by atoms with van der Waals surface area (Å²) in [7, 11) is 1.82. The van der Waals surface area contributed by atoms with Gasteiger partial charge in [-0.3, -0.25) is 4.68 Å². The first-order valence-corrected chi connectivity index (χ1v) is 7.63. The lowest BCUT2D eigenvalue weighted by Crippen LogP contribution is -2.25. The molecule has 0 aromatic carbocycles. The summed E-state index contributed by atoms with van der Waals surface area (Å²) in [5.74, 6) is 0.127. The third-order valence-electron chi connectivity index (χ3n) is 3.52. The Morgan fingerprint density at radius 3 is 2.86 bits per heavy atom. The zero-order valence-corrected chi connectivity index (χ0v) is 13.3. The standard InChI is InChI=1S/C15H27N3O3/c1-4-6-12(7-8-19)9-16-11-14-13(10-17-18(14)3)15(20)21-5-2/h10,12,16,19H,4-9,11H2,1-3H3. The van der Waals surface area contributed by atoms with E-state index in [1.807, 2.05) is 7.05 Å². The highest BCUT2D eigenvalue weighted by molar-refractivity contribution is 5.90. The monoisotopic (exact) mass is 297 g/mol. The molecule has 1 atom stereocenters. The molecular weight excluding hydrogens is 270 g/mol. The SMILES string of the molecule is CCCC(CCO)CNCc1c(C(=O)OCC)cnn1C. The number of ether oxygens (including phenoxy) is 1. The third-order valence-corrected chi connectivity index (χ3v) is 3.52. The first kappa shape index (κ1) is 17.7. The number of aliphatic hydroxyl groups excluding tert-OH is 1. The Hall–Kier alpha value is -1.40. The second kappa shape index (κ2) is 9.52. The molecule has 0 radical (unpaired) electrons. The number of nitrogens with zero attached hydrogens (tertiary/aromatic N) is 2. The molecule has 120 valence electrons. The molecule has 1 rings (SSSR count). The highest BCUT2D eigenvalue weighted by Crippen LogP contribution is 2.12. The number of aryl methyl sites for hydroxylation is 1. The number of hydrogen-bond acceptors (Lipinski definition) is 5. The molecule has 1 unspecified atom stereocenters. The Labute approximate surface area is 126 Å². The molecule has 2 N–H and O–H groups in total. The third kappa shape index (κ3) is 5.47. The summed E-state index contributed by atoms with van der Waals surface area (Å²) in [6, 6.07) is 0. The molecule has 1 heterocycles. The summed E-state index contributed by atoms with van der Waals surface area (Å²) in [6.45, 7) is 5.89. The van der Waals surface area contributed by atoms with E-state index in [9.17, 15) is 4.79 Å². The van der Waals surface area contributed by atoms with Crippen molar-refractivity contribution in [2.45, 2.75) is 39.7 Å². The van der Waals surface area contributed by atoms with Gasteiger partial charge in [0.15, 0.2) is 0 Å². The van der Waals surface area contributed by atoms with Gasteiger partial charge in [0.25, 0.3) is 0 Å². The van der Waals surface area contributed by atoms with Gasteiger partial charge < -0.3 is 15.2 Å². The van der Waals surface area contributed by atoms with Crippen LogP contribution in [0, 0.1) is 5.92 Å². The lowest BCUT2D eigenvalue weighted by Gasteiger charge is -2.16. The Morgan fingerprint density at radius 2 is 2.24 bits per heavy atom. The molecule has 0 saturated carbocycles. The van der Waals surface area contributed by atoms with E-state index >= 15 is 0 Å². The van der Waals surface area contributed by atoms with E-state index in [4.69, 9.17) is 9.84 Å². The maximum absolute atomic E-state index is 11.8. The van der Waals surface area contributed by atoms with Crippen molar-refractivity contribution in [3.63, 3.8) is 0 Å². The molecule has 0 aliphatic carbocycles. The van der Waals surface area contributed by atoms with Crippen molar-refractivity contribution >= 4 is 5.97 Å². The summed E-state index contributed by atoms with van der Waals surface area (Å²) < 4.78 is 6.73. The van der Waals surface area contributed by atoms with Gasteiger partial charge >= 0.3 is 5.97 Å². The van der Waals surface area contributed by atoms with Crippen LogP contribution in [0.5, 0.6) is 0 Å². The van der Waals surface area contributed by atoms with Gasteiger partial charge in [0.2, 0.25) is 0 Å². The van der Waals surface area contributed by atoms with Gasteiger partial charge in [0.05, 0.1) is 18.5 Å². The van der Waals surface area contributed by atoms with Gasteiger partial charge in [-0.15, -0.1) is 0 Å². The molecule has 0 bridgehead atoms. The van der Waals surface area contributed by atoms with E-state index < -0.39 is 0 Å². The van der Waals surface area contributed by atoms with Crippen LogP contribution in [0.25, 0.3) is 0 Å². The molecule has 0 amide bonds. The molecule has 6 nitrogen and oxygen atoms in total. The summed E-state index contributed by atoms with van der Waals surface area (Å²) in [4.78, 5) is 11.8. The van der Waals surface area contributed by atoms with Crippen molar-refractivity contribution in [1.29, 1.82) is 0 Å². The summed E-state index contributed by atoms with van der Waals surface area (Å²) in [5, 5.41) is 16.5. The number of aromatic nitrogens is 2. The Balaban J connectivity index is 2.58. The highest BCUT2D eigenvalue weighted by Gasteiger charge is 2.17. The maximum Gasteiger partial charge on any atom is 0.341 e. The quantitative estimate of drug-likeness (QED) is 0.640. The second-order valence-corrected chi connectivity index (χ2v) is 5.15. The van der Waals surface area contributed by atoms with Crippen LogP contribution in [0.2, 0.25) is 0 Å². The fraction of sp³-hybridized carbons (Fsp3) is 0.733. The average molecular weight is 297 g/mol. The predicted molar refractivity (Wildman–Crippen MR) is 81.0 cm³/mol. The van der Waals surface area contributed by atoms with E-state index in [1.165, 1.54) is 0 Å². The first-order chi connectivity index (χ1) is 10.1. The fourth-order valence-corrected chi connectivity index (χ4v) is 2.39. The van der Waals surface area contributed by atoms with Crippen LogP contribution in [0.15, 0.2) is 6.20 Å². The highest BCUT2D eigenvalue weighted by atomic mass is 16.5. The van der Waals surface area contributed by atoms with Crippen LogP contribution < -0.4 is 5.32 Å². The van der Waals surface area contributed by atoms with Crippen LogP contribution in [0.4, 0.5) is 0 Å². The number of carbonyl (C=O) groups excluding carboxylic acids is 1. The topological polar surface area (TPSA) is 76.4 Å². The van der Waals surface area contributed by atoms with Gasteiger partial charge in [-0.25, -0.2) is 4.79 Å². The van der Waals surface area contributed by atoms with Crippen molar-refractivity contribution in [2.24, 2.45) is 13.0 Å². The van der Waals surface area contributed by atoms with E-state index in [1.54, 1.807) is 17.8 Å². The largest absolute Gasteiger partial charge is 0.462 e. The minimum Gasteiger partial charge on any atom is -0.462 e. The smallest absolute Gasteiger partial charge is 0.341 e. The summed E-state index contributed by atoms with van der Waals surface area (Å²) in [6.07, 6.45) is 4.54. The number of carbonyl (C=O) groups is 1. The summed E-state index contributed by atoms with van der Waals surface area (Å²) in [5.41, 5.74) is 1.34.